The fourth-order valence-electron chi connectivity index (χ4n) is 5.94. The Morgan fingerprint density at radius 1 is 1.09 bits per heavy atom. The summed E-state index contributed by atoms with van der Waals surface area (Å²) in [5, 5.41) is 4.61. The van der Waals surface area contributed by atoms with Crippen molar-refractivity contribution in [2.75, 3.05) is 39.4 Å². The van der Waals surface area contributed by atoms with Gasteiger partial charge in [-0.3, -0.25) is 14.5 Å². The summed E-state index contributed by atoms with van der Waals surface area (Å²) in [6, 6.07) is 19.0. The van der Waals surface area contributed by atoms with Crippen LogP contribution in [0.4, 0.5) is 4.39 Å². The summed E-state index contributed by atoms with van der Waals surface area (Å²) in [6.45, 7) is 4.18. The van der Waals surface area contributed by atoms with Crippen LogP contribution in [0.5, 0.6) is 0 Å². The van der Waals surface area contributed by atoms with Crippen molar-refractivity contribution in [1.82, 2.24) is 20.1 Å². The van der Waals surface area contributed by atoms with Gasteiger partial charge in [0.25, 0.3) is 0 Å². The molecule has 2 fully saturated rings. The zero-order chi connectivity index (χ0) is 30.0. The molecule has 2 saturated heterocycles. The summed E-state index contributed by atoms with van der Waals surface area (Å²) in [6.07, 6.45) is 1.82. The average Bonchev–Trinajstić information content (AvgIpc) is 3.53. The van der Waals surface area contributed by atoms with Gasteiger partial charge >= 0.3 is 0 Å². The summed E-state index contributed by atoms with van der Waals surface area (Å²) >= 11 is 13.6. The molecule has 1 unspecified atom stereocenters. The third-order valence-electron chi connectivity index (χ3n) is 8.04. The third-order valence-corrected chi connectivity index (χ3v) is 10.0. The molecule has 4 aromatic rings. The molecule has 2 aliphatic heterocycles. The minimum Gasteiger partial charge on any atom is -0.379 e. The summed E-state index contributed by atoms with van der Waals surface area (Å²) in [5.74, 6) is -0.980. The van der Waals surface area contributed by atoms with Crippen LogP contribution in [0.3, 0.4) is 0 Å². The van der Waals surface area contributed by atoms with Crippen molar-refractivity contribution < 1.29 is 18.7 Å². The zero-order valence-corrected chi connectivity index (χ0v) is 25.7. The summed E-state index contributed by atoms with van der Waals surface area (Å²) < 4.78 is 18.7. The number of fused-ring (bicyclic) bond motifs is 1. The maximum Gasteiger partial charge on any atom is 0.239 e. The number of amides is 2. The van der Waals surface area contributed by atoms with E-state index in [9.17, 15) is 14.0 Å². The van der Waals surface area contributed by atoms with E-state index in [0.717, 1.165) is 34.5 Å². The van der Waals surface area contributed by atoms with Crippen LogP contribution in [0.25, 0.3) is 10.9 Å². The van der Waals surface area contributed by atoms with E-state index in [2.05, 4.69) is 15.2 Å². The first kappa shape index (κ1) is 30.0. The number of likely N-dealkylation sites (tertiary alicyclic amines) is 1. The molecule has 2 aliphatic rings. The van der Waals surface area contributed by atoms with E-state index in [4.69, 9.17) is 27.9 Å². The predicted molar refractivity (Wildman–Crippen MR) is 168 cm³/mol. The molecule has 1 aromatic heterocycles. The number of aromatic amines is 1. The second-order valence-corrected chi connectivity index (χ2v) is 13.0. The first-order chi connectivity index (χ1) is 20.8. The normalized spacial score (nSPS) is 21.0. The highest BCUT2D eigenvalue weighted by molar-refractivity contribution is 8.01. The van der Waals surface area contributed by atoms with Crippen molar-refractivity contribution >= 4 is 57.7 Å². The van der Waals surface area contributed by atoms with Crippen LogP contribution in [0.1, 0.15) is 23.6 Å². The molecule has 0 aliphatic carbocycles. The highest BCUT2D eigenvalue weighted by Crippen LogP contribution is 2.54. The Morgan fingerprint density at radius 2 is 1.88 bits per heavy atom. The van der Waals surface area contributed by atoms with Gasteiger partial charge in [-0.25, -0.2) is 4.39 Å². The van der Waals surface area contributed by atoms with E-state index in [1.165, 1.54) is 23.9 Å². The Hall–Kier alpha value is -3.08. The van der Waals surface area contributed by atoms with Gasteiger partial charge in [-0.1, -0.05) is 53.5 Å². The highest BCUT2D eigenvalue weighted by atomic mass is 35.5. The van der Waals surface area contributed by atoms with E-state index in [1.807, 2.05) is 48.7 Å². The lowest BCUT2D eigenvalue weighted by molar-refractivity contribution is -0.129. The Morgan fingerprint density at radius 3 is 2.65 bits per heavy atom. The van der Waals surface area contributed by atoms with Gasteiger partial charge in [0, 0.05) is 65.3 Å². The average molecular weight is 642 g/mol. The second-order valence-electron chi connectivity index (χ2n) is 10.8. The summed E-state index contributed by atoms with van der Waals surface area (Å²) in [4.78, 5) is 36.6. The second kappa shape index (κ2) is 12.9. The molecule has 43 heavy (non-hydrogen) atoms. The van der Waals surface area contributed by atoms with Crippen molar-refractivity contribution in [3.05, 3.63) is 99.9 Å². The minimum absolute atomic E-state index is 0.00943. The number of hydrogen-bond donors (Lipinski definition) is 2. The van der Waals surface area contributed by atoms with Gasteiger partial charge in [0.1, 0.15) is 10.6 Å². The number of ether oxygens (including phenoxy) is 1. The molecule has 0 spiro atoms. The Bertz CT molecular complexity index is 1630. The number of halogens is 3. The number of aromatic nitrogens is 1. The van der Waals surface area contributed by atoms with Gasteiger partial charge in [-0.2, -0.15) is 0 Å². The van der Waals surface area contributed by atoms with Gasteiger partial charge < -0.3 is 19.9 Å². The quantitative estimate of drug-likeness (QED) is 0.232. The molecular formula is C32H31Cl2FN4O3S. The number of nitrogens with zero attached hydrogens (tertiary/aromatic N) is 2. The third kappa shape index (κ3) is 6.28. The monoisotopic (exact) mass is 640 g/mol. The lowest BCUT2D eigenvalue weighted by Gasteiger charge is -2.36. The van der Waals surface area contributed by atoms with E-state index >= 15 is 0 Å². The number of morpholine rings is 1. The Balaban J connectivity index is 1.42. The van der Waals surface area contributed by atoms with Crippen LogP contribution in [-0.2, 0) is 20.9 Å². The molecule has 6 rings (SSSR count). The van der Waals surface area contributed by atoms with Crippen LogP contribution in [0, 0.1) is 5.82 Å². The summed E-state index contributed by atoms with van der Waals surface area (Å²) in [5.41, 5.74) is 2.17. The van der Waals surface area contributed by atoms with Gasteiger partial charge in [-0.15, -0.1) is 11.8 Å². The molecular weight excluding hydrogens is 610 g/mol. The molecule has 2 atom stereocenters. The van der Waals surface area contributed by atoms with E-state index in [1.54, 1.807) is 17.0 Å². The fraction of sp³-hybridized carbons (Fsp3) is 0.312. The van der Waals surface area contributed by atoms with Gasteiger partial charge in [0.2, 0.25) is 11.8 Å². The molecule has 3 heterocycles. The van der Waals surface area contributed by atoms with Crippen molar-refractivity contribution in [3.8, 4) is 0 Å². The number of nitrogens with one attached hydrogen (secondary N) is 2. The molecule has 224 valence electrons. The highest BCUT2D eigenvalue weighted by Gasteiger charge is 2.58. The van der Waals surface area contributed by atoms with Crippen LogP contribution >= 0.6 is 35.0 Å². The zero-order valence-electron chi connectivity index (χ0n) is 23.3. The number of thioether (sulfide) groups is 1. The first-order valence-corrected chi connectivity index (χ1v) is 15.7. The van der Waals surface area contributed by atoms with Crippen LogP contribution in [0.15, 0.2) is 77.8 Å². The molecule has 2 N–H and O–H groups in total. The molecule has 0 bridgehead atoms. The van der Waals surface area contributed by atoms with Gasteiger partial charge in [0.15, 0.2) is 0 Å². The largest absolute Gasteiger partial charge is 0.379 e. The van der Waals surface area contributed by atoms with Crippen molar-refractivity contribution in [2.24, 2.45) is 0 Å². The minimum atomic E-state index is -1.22. The number of benzene rings is 3. The van der Waals surface area contributed by atoms with E-state index in [-0.39, 0.29) is 29.8 Å². The van der Waals surface area contributed by atoms with Gasteiger partial charge in [0.05, 0.1) is 30.7 Å². The van der Waals surface area contributed by atoms with Crippen LogP contribution in [0.2, 0.25) is 10.0 Å². The maximum absolute atomic E-state index is 14.5. The Kier molecular flexibility index (Phi) is 8.98. The van der Waals surface area contributed by atoms with Gasteiger partial charge in [-0.05, 0) is 42.0 Å². The standard InChI is InChI=1S/C32H31Cl2FN4O3S/c33-22-7-8-24-25(19-37-28(24)17-22)30-32(43-23-4-2-1-3-5-23,31(41)36-10-11-38-12-14-42-15-13-38)18-29(40)39(30)20-21-6-9-26(34)27(35)16-21/h1-9,16-17,19,30,37H,10-15,18,20H2,(H,36,41)/t30?,32-/m0/s1. The lowest BCUT2D eigenvalue weighted by Crippen LogP contribution is -2.50. The van der Waals surface area contributed by atoms with Crippen LogP contribution in [-0.4, -0.2) is 70.7 Å². The predicted octanol–water partition coefficient (Wildman–Crippen LogP) is 6.07. The van der Waals surface area contributed by atoms with Crippen LogP contribution < -0.4 is 5.32 Å². The van der Waals surface area contributed by atoms with Crippen molar-refractivity contribution in [2.45, 2.75) is 28.6 Å². The molecule has 0 saturated carbocycles. The molecule has 11 heteroatoms. The molecule has 3 aromatic carbocycles. The Labute approximate surface area is 263 Å². The number of carbonyl (C=O) groups excluding carboxylic acids is 2. The maximum atomic E-state index is 14.5. The molecule has 2 amide bonds. The van der Waals surface area contributed by atoms with E-state index < -0.39 is 16.6 Å². The molecule has 0 radical (unpaired) electrons. The lowest BCUT2D eigenvalue weighted by atomic mass is 9.91. The number of carbonyl (C=O) groups is 2. The molecule has 7 nitrogen and oxygen atoms in total. The summed E-state index contributed by atoms with van der Waals surface area (Å²) in [7, 11) is 0. The number of hydrogen-bond acceptors (Lipinski definition) is 5. The van der Waals surface area contributed by atoms with E-state index in [0.29, 0.717) is 36.9 Å². The number of H-pyrrole nitrogens is 1. The smallest absolute Gasteiger partial charge is 0.239 e. The van der Waals surface area contributed by atoms with Crippen molar-refractivity contribution in [1.29, 1.82) is 0 Å². The SMILES string of the molecule is O=C1C[C@@](Sc2ccccc2)(C(=O)NCCN2CCOCC2)C(c2c[nH]c3cc(Cl)ccc23)N1Cc1ccc(Cl)c(F)c1. The fourth-order valence-corrected chi connectivity index (χ4v) is 7.67. The number of rotatable bonds is 9. The topological polar surface area (TPSA) is 77.7 Å². The van der Waals surface area contributed by atoms with Crippen molar-refractivity contribution in [3.63, 3.8) is 0 Å². The first-order valence-electron chi connectivity index (χ1n) is 14.2.